The van der Waals surface area contributed by atoms with Gasteiger partial charge >= 0.3 is 0 Å². The first-order valence-corrected chi connectivity index (χ1v) is 8.29. The van der Waals surface area contributed by atoms with Crippen molar-refractivity contribution in [3.63, 3.8) is 0 Å². The van der Waals surface area contributed by atoms with E-state index in [4.69, 9.17) is 10.5 Å². The number of amides is 1. The van der Waals surface area contributed by atoms with Crippen LogP contribution in [0.3, 0.4) is 0 Å². The first kappa shape index (κ1) is 17.0. The van der Waals surface area contributed by atoms with Crippen LogP contribution in [0.15, 0.2) is 11.0 Å². The Labute approximate surface area is 136 Å². The number of hydrogen-bond acceptors (Lipinski definition) is 5. The molecule has 1 aromatic carbocycles. The van der Waals surface area contributed by atoms with Crippen LogP contribution in [0.2, 0.25) is 0 Å². The van der Waals surface area contributed by atoms with Gasteiger partial charge in [0.2, 0.25) is 11.0 Å². The Morgan fingerprint density at radius 3 is 2.45 bits per heavy atom. The van der Waals surface area contributed by atoms with Gasteiger partial charge in [-0.2, -0.15) is 0 Å². The lowest BCUT2D eigenvalue weighted by Gasteiger charge is -2.24. The molecule has 1 atom stereocenters. The standard InChI is InChI=1S/C16H25N3O2S/c1-8(2)11-7-12-15(13(9(3)4)14(11)21-6)22-16(17,19-12)18-10(5)20/h7-9,19H,17H2,1-6H3,(H,18,20). The van der Waals surface area contributed by atoms with Crippen molar-refractivity contribution in [2.45, 2.75) is 56.5 Å². The summed E-state index contributed by atoms with van der Waals surface area (Å²) in [5.74, 6) is 1.37. The number of fused-ring (bicyclic) bond motifs is 1. The second-order valence-electron chi connectivity index (χ2n) is 6.24. The van der Waals surface area contributed by atoms with E-state index in [-0.39, 0.29) is 11.8 Å². The molecule has 2 rings (SSSR count). The third-order valence-electron chi connectivity index (χ3n) is 3.64. The lowest BCUT2D eigenvalue weighted by Crippen LogP contribution is -2.56. The predicted molar refractivity (Wildman–Crippen MR) is 91.4 cm³/mol. The number of benzene rings is 1. The lowest BCUT2D eigenvalue weighted by molar-refractivity contribution is -0.119. The number of hydrogen-bond donors (Lipinski definition) is 3. The zero-order chi connectivity index (χ0) is 16.7. The summed E-state index contributed by atoms with van der Waals surface area (Å²) in [5.41, 5.74) is 9.51. The molecule has 0 fully saturated rings. The topological polar surface area (TPSA) is 76.4 Å². The Morgan fingerprint density at radius 1 is 1.36 bits per heavy atom. The molecule has 0 saturated heterocycles. The molecule has 4 N–H and O–H groups in total. The van der Waals surface area contributed by atoms with Crippen LogP contribution in [-0.4, -0.2) is 18.1 Å². The lowest BCUT2D eigenvalue weighted by atomic mass is 9.93. The fourth-order valence-corrected chi connectivity index (χ4v) is 4.11. The van der Waals surface area contributed by atoms with E-state index >= 15 is 0 Å². The molecular formula is C16H25N3O2S. The molecule has 5 nitrogen and oxygen atoms in total. The number of anilines is 1. The van der Waals surface area contributed by atoms with Gasteiger partial charge in [0.25, 0.3) is 0 Å². The molecule has 0 saturated carbocycles. The number of carbonyl (C=O) groups excluding carboxylic acids is 1. The van der Waals surface area contributed by atoms with Gasteiger partial charge < -0.3 is 15.4 Å². The maximum absolute atomic E-state index is 11.4. The van der Waals surface area contributed by atoms with Gasteiger partial charge in [-0.15, -0.1) is 0 Å². The van der Waals surface area contributed by atoms with E-state index in [1.165, 1.54) is 18.7 Å². The summed E-state index contributed by atoms with van der Waals surface area (Å²) in [4.78, 5) is 12.5. The van der Waals surface area contributed by atoms with Crippen molar-refractivity contribution in [3.05, 3.63) is 17.2 Å². The summed E-state index contributed by atoms with van der Waals surface area (Å²) in [5, 5.41) is 4.99. The summed E-state index contributed by atoms with van der Waals surface area (Å²) in [6.45, 7) is 10.0. The average Bonchev–Trinajstić information content (AvgIpc) is 2.69. The SMILES string of the molecule is COc1c(C(C)C)cc2c(c1C(C)C)SC(N)(NC(C)=O)N2. The summed E-state index contributed by atoms with van der Waals surface area (Å²) in [6.07, 6.45) is 0. The summed E-state index contributed by atoms with van der Waals surface area (Å²) >= 11 is 1.43. The highest BCUT2D eigenvalue weighted by atomic mass is 32.2. The quantitative estimate of drug-likeness (QED) is 0.742. The van der Waals surface area contributed by atoms with Gasteiger partial charge in [0.05, 0.1) is 12.8 Å². The number of carbonyl (C=O) groups is 1. The Morgan fingerprint density at radius 2 is 2.00 bits per heavy atom. The number of thioether (sulfide) groups is 1. The minimum absolute atomic E-state index is 0.169. The number of methoxy groups -OCH3 is 1. The van der Waals surface area contributed by atoms with Crippen molar-refractivity contribution < 1.29 is 9.53 Å². The minimum Gasteiger partial charge on any atom is -0.496 e. The Balaban J connectivity index is 2.59. The van der Waals surface area contributed by atoms with Crippen molar-refractivity contribution >= 4 is 23.4 Å². The number of nitrogens with one attached hydrogen (secondary N) is 2. The molecule has 1 aliphatic heterocycles. The molecular weight excluding hydrogens is 298 g/mol. The average molecular weight is 323 g/mol. The molecule has 1 aromatic rings. The van der Waals surface area contributed by atoms with Crippen molar-refractivity contribution in [2.75, 3.05) is 12.4 Å². The molecule has 0 spiro atoms. The second kappa shape index (κ2) is 6.01. The second-order valence-corrected chi connectivity index (χ2v) is 7.50. The van der Waals surface area contributed by atoms with Crippen molar-refractivity contribution in [2.24, 2.45) is 5.73 Å². The molecule has 1 heterocycles. The van der Waals surface area contributed by atoms with Crippen molar-refractivity contribution in [1.82, 2.24) is 5.32 Å². The summed E-state index contributed by atoms with van der Waals surface area (Å²) in [6, 6.07) is 2.08. The van der Waals surface area contributed by atoms with Gasteiger partial charge in [-0.25, -0.2) is 0 Å². The highest BCUT2D eigenvalue weighted by Gasteiger charge is 2.38. The van der Waals surface area contributed by atoms with Crippen LogP contribution in [0.4, 0.5) is 5.69 Å². The number of nitrogens with two attached hydrogens (primary N) is 1. The van der Waals surface area contributed by atoms with E-state index < -0.39 is 5.12 Å². The zero-order valence-corrected chi connectivity index (χ0v) is 14.9. The van der Waals surface area contributed by atoms with E-state index in [0.29, 0.717) is 5.92 Å². The van der Waals surface area contributed by atoms with Crippen LogP contribution in [-0.2, 0) is 4.79 Å². The van der Waals surface area contributed by atoms with Gasteiger partial charge in [-0.05, 0) is 23.5 Å². The van der Waals surface area contributed by atoms with E-state index in [0.717, 1.165) is 27.5 Å². The molecule has 0 aliphatic carbocycles. The van der Waals surface area contributed by atoms with Crippen LogP contribution < -0.4 is 21.1 Å². The van der Waals surface area contributed by atoms with Crippen LogP contribution in [0.25, 0.3) is 0 Å². The smallest absolute Gasteiger partial charge is 0.220 e. The molecule has 0 bridgehead atoms. The van der Waals surface area contributed by atoms with E-state index in [9.17, 15) is 4.79 Å². The highest BCUT2D eigenvalue weighted by Crippen LogP contribution is 2.51. The van der Waals surface area contributed by atoms with Crippen molar-refractivity contribution in [1.29, 1.82) is 0 Å². The zero-order valence-electron chi connectivity index (χ0n) is 14.0. The fourth-order valence-electron chi connectivity index (χ4n) is 2.78. The largest absolute Gasteiger partial charge is 0.496 e. The third-order valence-corrected chi connectivity index (χ3v) is 4.81. The Kier molecular flexibility index (Phi) is 4.63. The van der Waals surface area contributed by atoms with Gasteiger partial charge in [-0.3, -0.25) is 10.5 Å². The molecule has 0 aromatic heterocycles. The molecule has 1 aliphatic rings. The van der Waals surface area contributed by atoms with Crippen molar-refractivity contribution in [3.8, 4) is 5.75 Å². The maximum Gasteiger partial charge on any atom is 0.220 e. The minimum atomic E-state index is -1.02. The number of rotatable bonds is 4. The predicted octanol–water partition coefficient (Wildman–Crippen LogP) is 3.17. The van der Waals surface area contributed by atoms with E-state index in [1.807, 2.05) is 0 Å². The van der Waals surface area contributed by atoms with Gasteiger partial charge in [0.15, 0.2) is 0 Å². The van der Waals surface area contributed by atoms with E-state index in [1.54, 1.807) is 7.11 Å². The molecule has 1 amide bonds. The van der Waals surface area contributed by atoms with Gasteiger partial charge in [0, 0.05) is 17.4 Å². The summed E-state index contributed by atoms with van der Waals surface area (Å²) in [7, 11) is 1.70. The Hall–Kier alpha value is -1.40. The molecule has 122 valence electrons. The van der Waals surface area contributed by atoms with Crippen LogP contribution in [0.5, 0.6) is 5.75 Å². The first-order valence-electron chi connectivity index (χ1n) is 7.48. The molecule has 22 heavy (non-hydrogen) atoms. The van der Waals surface area contributed by atoms with Gasteiger partial charge in [-0.1, -0.05) is 39.5 Å². The summed E-state index contributed by atoms with van der Waals surface area (Å²) < 4.78 is 5.70. The van der Waals surface area contributed by atoms with Crippen LogP contribution in [0.1, 0.15) is 57.6 Å². The fraction of sp³-hybridized carbons (Fsp3) is 0.562. The monoisotopic (exact) mass is 323 g/mol. The Bertz CT molecular complexity index is 602. The third kappa shape index (κ3) is 3.03. The van der Waals surface area contributed by atoms with Crippen LogP contribution >= 0.6 is 11.8 Å². The molecule has 6 heteroatoms. The normalized spacial score (nSPS) is 20.0. The number of ether oxygens (including phenoxy) is 1. The maximum atomic E-state index is 11.4. The highest BCUT2D eigenvalue weighted by molar-refractivity contribution is 8.01. The van der Waals surface area contributed by atoms with E-state index in [2.05, 4.69) is 44.4 Å². The molecule has 1 unspecified atom stereocenters. The van der Waals surface area contributed by atoms with Gasteiger partial charge in [0.1, 0.15) is 5.75 Å². The molecule has 0 radical (unpaired) electrons. The van der Waals surface area contributed by atoms with Crippen LogP contribution in [0, 0.1) is 0 Å². The first-order chi connectivity index (χ1) is 10.2.